The second kappa shape index (κ2) is 7.21. The van der Waals surface area contributed by atoms with Gasteiger partial charge in [-0.25, -0.2) is 4.39 Å². The molecule has 0 spiro atoms. The molecule has 2 amide bonds. The standard InChI is InChI=1S/C16H15FN2O3/c17-13-5-1-11(2-6-13)9-19-15(20)10-22-14-7-3-12(4-8-14)16(18)21/h1-8H,9-10H2,(H2,18,21)(H,19,20). The van der Waals surface area contributed by atoms with Crippen LogP contribution in [0.15, 0.2) is 48.5 Å². The zero-order chi connectivity index (χ0) is 15.9. The second-order valence-electron chi connectivity index (χ2n) is 4.58. The van der Waals surface area contributed by atoms with E-state index in [0.717, 1.165) is 5.56 Å². The Balaban J connectivity index is 1.77. The van der Waals surface area contributed by atoms with Gasteiger partial charge in [0.05, 0.1) is 0 Å². The van der Waals surface area contributed by atoms with Crippen molar-refractivity contribution in [2.24, 2.45) is 5.73 Å². The summed E-state index contributed by atoms with van der Waals surface area (Å²) >= 11 is 0. The predicted molar refractivity (Wildman–Crippen MR) is 78.7 cm³/mol. The molecule has 22 heavy (non-hydrogen) atoms. The third kappa shape index (κ3) is 4.59. The number of halogens is 1. The molecule has 2 rings (SSSR count). The Labute approximate surface area is 126 Å². The number of carbonyl (C=O) groups is 2. The van der Waals surface area contributed by atoms with E-state index in [2.05, 4.69) is 5.32 Å². The van der Waals surface area contributed by atoms with Crippen molar-refractivity contribution in [3.63, 3.8) is 0 Å². The molecule has 0 saturated carbocycles. The van der Waals surface area contributed by atoms with Gasteiger partial charge in [-0.3, -0.25) is 9.59 Å². The molecule has 0 fully saturated rings. The van der Waals surface area contributed by atoms with Crippen LogP contribution in [0.3, 0.4) is 0 Å². The van der Waals surface area contributed by atoms with Gasteiger partial charge < -0.3 is 15.8 Å². The van der Waals surface area contributed by atoms with Gasteiger partial charge in [-0.05, 0) is 42.0 Å². The second-order valence-corrected chi connectivity index (χ2v) is 4.58. The molecule has 0 aliphatic carbocycles. The monoisotopic (exact) mass is 302 g/mol. The summed E-state index contributed by atoms with van der Waals surface area (Å²) in [6.45, 7) is 0.139. The van der Waals surface area contributed by atoms with Crippen molar-refractivity contribution in [1.82, 2.24) is 5.32 Å². The Morgan fingerprint density at radius 2 is 1.68 bits per heavy atom. The lowest BCUT2D eigenvalue weighted by molar-refractivity contribution is -0.123. The maximum Gasteiger partial charge on any atom is 0.258 e. The van der Waals surface area contributed by atoms with Gasteiger partial charge in [-0.1, -0.05) is 12.1 Å². The molecule has 0 bridgehead atoms. The van der Waals surface area contributed by atoms with E-state index in [1.165, 1.54) is 24.3 Å². The summed E-state index contributed by atoms with van der Waals surface area (Å²) in [5.74, 6) is -0.688. The fourth-order valence-electron chi connectivity index (χ4n) is 1.72. The maximum absolute atomic E-state index is 12.7. The molecule has 0 saturated heterocycles. The van der Waals surface area contributed by atoms with Crippen LogP contribution >= 0.6 is 0 Å². The minimum atomic E-state index is -0.524. The van der Waals surface area contributed by atoms with E-state index in [0.29, 0.717) is 17.9 Å². The first-order chi connectivity index (χ1) is 10.5. The van der Waals surface area contributed by atoms with Crippen LogP contribution in [-0.2, 0) is 11.3 Å². The summed E-state index contributed by atoms with van der Waals surface area (Å²) in [6.07, 6.45) is 0. The number of hydrogen-bond acceptors (Lipinski definition) is 3. The molecule has 0 heterocycles. The highest BCUT2D eigenvalue weighted by Crippen LogP contribution is 2.11. The number of amides is 2. The highest BCUT2D eigenvalue weighted by atomic mass is 19.1. The smallest absolute Gasteiger partial charge is 0.258 e. The number of ether oxygens (including phenoxy) is 1. The first-order valence-electron chi connectivity index (χ1n) is 6.58. The number of nitrogens with two attached hydrogens (primary N) is 1. The van der Waals surface area contributed by atoms with Crippen LogP contribution in [0.4, 0.5) is 4.39 Å². The van der Waals surface area contributed by atoms with E-state index >= 15 is 0 Å². The van der Waals surface area contributed by atoms with Crippen molar-refractivity contribution >= 4 is 11.8 Å². The number of rotatable bonds is 6. The maximum atomic E-state index is 12.7. The highest BCUT2D eigenvalue weighted by molar-refractivity contribution is 5.92. The summed E-state index contributed by atoms with van der Waals surface area (Å²) in [7, 11) is 0. The first-order valence-corrected chi connectivity index (χ1v) is 6.58. The Kier molecular flexibility index (Phi) is 5.08. The lowest BCUT2D eigenvalue weighted by atomic mass is 10.2. The Hall–Kier alpha value is -2.89. The van der Waals surface area contributed by atoms with E-state index in [1.54, 1.807) is 24.3 Å². The van der Waals surface area contributed by atoms with Crippen LogP contribution in [-0.4, -0.2) is 18.4 Å². The molecule has 0 aliphatic heterocycles. The van der Waals surface area contributed by atoms with Crippen molar-refractivity contribution in [3.8, 4) is 5.75 Å². The molecule has 6 heteroatoms. The molecule has 0 aromatic heterocycles. The molecular formula is C16H15FN2O3. The lowest BCUT2D eigenvalue weighted by Gasteiger charge is -2.08. The molecule has 0 atom stereocenters. The zero-order valence-corrected chi connectivity index (χ0v) is 11.7. The minimum absolute atomic E-state index is 0.156. The van der Waals surface area contributed by atoms with Crippen LogP contribution in [0.2, 0.25) is 0 Å². The van der Waals surface area contributed by atoms with Crippen LogP contribution in [0, 0.1) is 5.82 Å². The largest absolute Gasteiger partial charge is 0.484 e. The van der Waals surface area contributed by atoms with Gasteiger partial charge in [0, 0.05) is 12.1 Å². The number of nitrogens with one attached hydrogen (secondary N) is 1. The van der Waals surface area contributed by atoms with Crippen LogP contribution in [0.1, 0.15) is 15.9 Å². The minimum Gasteiger partial charge on any atom is -0.484 e. The molecular weight excluding hydrogens is 287 g/mol. The molecule has 0 unspecified atom stereocenters. The fraction of sp³-hybridized carbons (Fsp3) is 0.125. The number of primary amides is 1. The molecule has 0 aliphatic rings. The van der Waals surface area contributed by atoms with Crippen molar-refractivity contribution in [3.05, 3.63) is 65.5 Å². The fourth-order valence-corrected chi connectivity index (χ4v) is 1.72. The van der Waals surface area contributed by atoms with Crippen molar-refractivity contribution in [2.75, 3.05) is 6.61 Å². The van der Waals surface area contributed by atoms with Crippen LogP contribution in [0.25, 0.3) is 0 Å². The van der Waals surface area contributed by atoms with Crippen molar-refractivity contribution < 1.29 is 18.7 Å². The van der Waals surface area contributed by atoms with Gasteiger partial charge in [0.1, 0.15) is 11.6 Å². The van der Waals surface area contributed by atoms with Crippen LogP contribution in [0.5, 0.6) is 5.75 Å². The topological polar surface area (TPSA) is 81.4 Å². The normalized spacial score (nSPS) is 10.0. The summed E-state index contributed by atoms with van der Waals surface area (Å²) in [6, 6.07) is 12.0. The summed E-state index contributed by atoms with van der Waals surface area (Å²) in [5.41, 5.74) is 6.28. The molecule has 5 nitrogen and oxygen atoms in total. The average Bonchev–Trinajstić information content (AvgIpc) is 2.52. The van der Waals surface area contributed by atoms with Gasteiger partial charge in [0.2, 0.25) is 5.91 Å². The van der Waals surface area contributed by atoms with Gasteiger partial charge in [0.15, 0.2) is 6.61 Å². The summed E-state index contributed by atoms with van der Waals surface area (Å²) in [5, 5.41) is 2.66. The Morgan fingerprint density at radius 3 is 2.27 bits per heavy atom. The van der Waals surface area contributed by atoms with Gasteiger partial charge in [0.25, 0.3) is 5.91 Å². The number of hydrogen-bond donors (Lipinski definition) is 2. The van der Waals surface area contributed by atoms with E-state index in [9.17, 15) is 14.0 Å². The lowest BCUT2D eigenvalue weighted by Crippen LogP contribution is -2.28. The van der Waals surface area contributed by atoms with Crippen molar-refractivity contribution in [1.29, 1.82) is 0 Å². The van der Waals surface area contributed by atoms with Gasteiger partial charge >= 0.3 is 0 Å². The third-order valence-electron chi connectivity index (χ3n) is 2.91. The molecule has 114 valence electrons. The van der Waals surface area contributed by atoms with E-state index < -0.39 is 5.91 Å². The van der Waals surface area contributed by atoms with E-state index in [1.807, 2.05) is 0 Å². The zero-order valence-electron chi connectivity index (χ0n) is 11.7. The van der Waals surface area contributed by atoms with E-state index in [-0.39, 0.29) is 18.3 Å². The van der Waals surface area contributed by atoms with Crippen molar-refractivity contribution in [2.45, 2.75) is 6.54 Å². The van der Waals surface area contributed by atoms with Crippen LogP contribution < -0.4 is 15.8 Å². The summed E-state index contributed by atoms with van der Waals surface area (Å²) < 4.78 is 18.0. The molecule has 2 aromatic carbocycles. The van der Waals surface area contributed by atoms with Gasteiger partial charge in [-0.15, -0.1) is 0 Å². The first kappa shape index (κ1) is 15.5. The molecule has 2 aromatic rings. The Bertz CT molecular complexity index is 654. The Morgan fingerprint density at radius 1 is 1.05 bits per heavy atom. The number of benzene rings is 2. The third-order valence-corrected chi connectivity index (χ3v) is 2.91. The summed E-state index contributed by atoms with van der Waals surface area (Å²) in [4.78, 5) is 22.6. The highest BCUT2D eigenvalue weighted by Gasteiger charge is 2.04. The number of carbonyl (C=O) groups excluding carboxylic acids is 2. The predicted octanol–water partition coefficient (Wildman–Crippen LogP) is 1.62. The quantitative estimate of drug-likeness (QED) is 0.850. The van der Waals surface area contributed by atoms with Gasteiger partial charge in [-0.2, -0.15) is 0 Å². The molecule has 3 N–H and O–H groups in total. The molecule has 0 radical (unpaired) electrons. The average molecular weight is 302 g/mol. The SMILES string of the molecule is NC(=O)c1ccc(OCC(=O)NCc2ccc(F)cc2)cc1. The van der Waals surface area contributed by atoms with E-state index in [4.69, 9.17) is 10.5 Å².